The van der Waals surface area contributed by atoms with Crippen LogP contribution in [0.3, 0.4) is 0 Å². The number of aromatic carboxylic acids is 1. The Morgan fingerprint density at radius 1 is 0.972 bits per heavy atom. The Balaban J connectivity index is 1.62. The minimum atomic E-state index is -1.36. The van der Waals surface area contributed by atoms with Gasteiger partial charge in [0.2, 0.25) is 0 Å². The number of carboxylic acids is 1. The van der Waals surface area contributed by atoms with Gasteiger partial charge in [-0.05, 0) is 42.1 Å². The van der Waals surface area contributed by atoms with Crippen LogP contribution >= 0.6 is 0 Å². The molecule has 1 aromatic heterocycles. The molecule has 0 unspecified atom stereocenters. The Kier molecular flexibility index (Phi) is 5.39. The predicted molar refractivity (Wildman–Crippen MR) is 143 cm³/mol. The fourth-order valence-electron chi connectivity index (χ4n) is 4.54. The van der Waals surface area contributed by atoms with Crippen LogP contribution in [0.15, 0.2) is 84.9 Å². The topological polar surface area (TPSA) is 54.7 Å². The normalized spacial score (nSPS) is 12.4. The van der Waals surface area contributed by atoms with E-state index in [1.165, 1.54) is 4.57 Å². The van der Waals surface area contributed by atoms with Crippen LogP contribution in [-0.2, 0) is 6.54 Å². The van der Waals surface area contributed by atoms with Gasteiger partial charge in [-0.15, -0.1) is 0 Å². The lowest BCUT2D eigenvalue weighted by atomic mass is 10.0. The number of rotatable bonds is 8. The van der Waals surface area contributed by atoms with Crippen molar-refractivity contribution in [3.63, 3.8) is 0 Å². The quantitative estimate of drug-likeness (QED) is 0.245. The molecule has 0 saturated carbocycles. The number of aryl methyl sites for hydroxylation is 1. The summed E-state index contributed by atoms with van der Waals surface area (Å²) in [6, 6.07) is 19.1. The van der Waals surface area contributed by atoms with Crippen LogP contribution < -0.4 is 9.64 Å². The number of aromatic nitrogens is 1. The van der Waals surface area contributed by atoms with E-state index in [1.54, 1.807) is 12.1 Å². The summed E-state index contributed by atoms with van der Waals surface area (Å²) in [5.74, 6) is -1.74. The summed E-state index contributed by atoms with van der Waals surface area (Å²) in [7, 11) is 3.63. The SMILES string of the molecule is [2H]c1c(F)c([2H])c2c([2H])c(C(=O)O)n(CCCOc3cccc4ccccc34)c2c1-c1ccccc1N(C)C. The number of carboxylic acid groups (broad SMARTS) is 1. The molecular weight excluding hydrogens is 455 g/mol. The summed E-state index contributed by atoms with van der Waals surface area (Å²) in [6.07, 6.45) is 0.375. The van der Waals surface area contributed by atoms with Crippen molar-refractivity contribution < 1.29 is 23.1 Å². The minimum Gasteiger partial charge on any atom is -0.493 e. The van der Waals surface area contributed by atoms with E-state index in [1.807, 2.05) is 73.6 Å². The third-order valence-corrected chi connectivity index (χ3v) is 6.12. The summed E-state index contributed by atoms with van der Waals surface area (Å²) < 4.78 is 48.3. The average Bonchev–Trinajstić information content (AvgIpc) is 3.21. The van der Waals surface area contributed by atoms with Crippen LogP contribution in [0.4, 0.5) is 10.1 Å². The van der Waals surface area contributed by atoms with Gasteiger partial charge in [-0.25, -0.2) is 9.18 Å². The lowest BCUT2D eigenvalue weighted by Gasteiger charge is -2.19. The van der Waals surface area contributed by atoms with Crippen LogP contribution in [0.1, 0.15) is 21.0 Å². The van der Waals surface area contributed by atoms with Gasteiger partial charge < -0.3 is 19.3 Å². The highest BCUT2D eigenvalue weighted by atomic mass is 19.1. The minimum absolute atomic E-state index is 0.126. The van der Waals surface area contributed by atoms with E-state index in [2.05, 4.69) is 0 Å². The first-order chi connectivity index (χ1) is 18.7. The maximum absolute atomic E-state index is 15.2. The number of carbonyl (C=O) groups is 1. The molecule has 5 nitrogen and oxygen atoms in total. The summed E-state index contributed by atoms with van der Waals surface area (Å²) in [6.45, 7) is 0.385. The summed E-state index contributed by atoms with van der Waals surface area (Å²) in [5.41, 5.74) is 1.20. The molecule has 0 saturated heterocycles. The van der Waals surface area contributed by atoms with Crippen LogP contribution in [0.2, 0.25) is 0 Å². The summed E-state index contributed by atoms with van der Waals surface area (Å²) in [5, 5.41) is 11.9. The van der Waals surface area contributed by atoms with Gasteiger partial charge in [-0.2, -0.15) is 0 Å². The number of hydrogen-bond acceptors (Lipinski definition) is 3. The fraction of sp³-hybridized carbons (Fsp3) is 0.167. The highest BCUT2D eigenvalue weighted by molar-refractivity contribution is 6.02. The predicted octanol–water partition coefficient (Wildman–Crippen LogP) is 6.83. The van der Waals surface area contributed by atoms with E-state index >= 15 is 4.39 Å². The van der Waals surface area contributed by atoms with E-state index in [0.29, 0.717) is 23.4 Å². The second-order valence-corrected chi connectivity index (χ2v) is 8.68. The first-order valence-electron chi connectivity index (χ1n) is 13.1. The van der Waals surface area contributed by atoms with Gasteiger partial charge in [-0.1, -0.05) is 54.6 Å². The molecular formula is C30H27FN2O3. The highest BCUT2D eigenvalue weighted by Gasteiger charge is 2.20. The van der Waals surface area contributed by atoms with Gasteiger partial charge in [0.15, 0.2) is 0 Å². The molecule has 0 fully saturated rings. The second-order valence-electron chi connectivity index (χ2n) is 8.68. The van der Waals surface area contributed by atoms with E-state index in [0.717, 1.165) is 10.8 Å². The third kappa shape index (κ3) is 4.38. The Hall–Kier alpha value is -4.32. The van der Waals surface area contributed by atoms with Gasteiger partial charge >= 0.3 is 5.97 Å². The lowest BCUT2D eigenvalue weighted by Crippen LogP contribution is -2.12. The molecule has 0 radical (unpaired) electrons. The van der Waals surface area contributed by atoms with Crippen molar-refractivity contribution in [3.8, 4) is 16.9 Å². The standard InChI is InChI=1S/C30H27FN2O3/c1-32(2)26-13-6-5-12-24(26)25-19-22(31)17-21-18-27(30(34)35)33(29(21)25)15-8-16-36-28-14-7-10-20-9-3-4-11-23(20)28/h3-7,9-14,17-19H,8,15-16H2,1-2H3,(H,34,35)/i17D,18D,19D. The Bertz CT molecular complexity index is 1730. The smallest absolute Gasteiger partial charge is 0.352 e. The number of ether oxygens (including phenoxy) is 1. The molecule has 1 heterocycles. The maximum Gasteiger partial charge on any atom is 0.352 e. The summed E-state index contributed by atoms with van der Waals surface area (Å²) >= 11 is 0. The molecule has 5 aromatic rings. The van der Waals surface area contributed by atoms with Gasteiger partial charge in [-0.3, -0.25) is 0 Å². The Morgan fingerprint density at radius 2 is 1.72 bits per heavy atom. The van der Waals surface area contributed by atoms with E-state index in [4.69, 9.17) is 8.85 Å². The zero-order valence-corrected chi connectivity index (χ0v) is 20.0. The molecule has 5 rings (SSSR count). The Morgan fingerprint density at radius 3 is 2.53 bits per heavy atom. The third-order valence-electron chi connectivity index (χ3n) is 6.12. The van der Waals surface area contributed by atoms with Crippen LogP contribution in [0.5, 0.6) is 5.75 Å². The average molecular weight is 486 g/mol. The molecule has 0 aliphatic rings. The van der Waals surface area contributed by atoms with Crippen LogP contribution in [-0.4, -0.2) is 36.3 Å². The number of anilines is 1. The van der Waals surface area contributed by atoms with Gasteiger partial charge in [0.05, 0.1) is 16.2 Å². The van der Waals surface area contributed by atoms with E-state index in [-0.39, 0.29) is 35.3 Å². The number of hydrogen-bond donors (Lipinski definition) is 1. The molecule has 0 atom stereocenters. The zero-order valence-electron chi connectivity index (χ0n) is 23.0. The summed E-state index contributed by atoms with van der Waals surface area (Å²) in [4.78, 5) is 14.2. The fourth-order valence-corrected chi connectivity index (χ4v) is 4.54. The molecule has 1 N–H and O–H groups in total. The van der Waals surface area contributed by atoms with Crippen LogP contribution in [0, 0.1) is 5.82 Å². The van der Waals surface area contributed by atoms with Crippen LogP contribution in [0.25, 0.3) is 32.8 Å². The van der Waals surface area contributed by atoms with E-state index in [9.17, 15) is 9.90 Å². The first-order valence-corrected chi connectivity index (χ1v) is 11.6. The monoisotopic (exact) mass is 485 g/mol. The number of halogens is 1. The first kappa shape index (κ1) is 19.9. The molecule has 36 heavy (non-hydrogen) atoms. The molecule has 6 heteroatoms. The van der Waals surface area contributed by atoms with Gasteiger partial charge in [0.1, 0.15) is 17.3 Å². The molecule has 0 amide bonds. The van der Waals surface area contributed by atoms with Crippen molar-refractivity contribution in [3.05, 3.63) is 96.4 Å². The van der Waals surface area contributed by atoms with Crippen molar-refractivity contribution in [2.24, 2.45) is 0 Å². The second kappa shape index (κ2) is 9.74. The molecule has 0 aliphatic heterocycles. The van der Waals surface area contributed by atoms with Crippen molar-refractivity contribution in [2.75, 3.05) is 25.6 Å². The molecule has 0 spiro atoms. The van der Waals surface area contributed by atoms with Crippen molar-refractivity contribution in [1.82, 2.24) is 4.57 Å². The van der Waals surface area contributed by atoms with Gasteiger partial charge in [0, 0.05) is 48.2 Å². The molecule has 0 bridgehead atoms. The number of para-hydroxylation sites is 1. The number of benzene rings is 4. The number of fused-ring (bicyclic) bond motifs is 2. The molecule has 0 aliphatic carbocycles. The van der Waals surface area contributed by atoms with Gasteiger partial charge in [0.25, 0.3) is 0 Å². The van der Waals surface area contributed by atoms with Crippen molar-refractivity contribution in [2.45, 2.75) is 13.0 Å². The Labute approximate surface area is 213 Å². The largest absolute Gasteiger partial charge is 0.493 e. The number of nitrogens with zero attached hydrogens (tertiary/aromatic N) is 2. The zero-order chi connectivity index (χ0) is 27.8. The van der Waals surface area contributed by atoms with E-state index < -0.39 is 29.9 Å². The highest BCUT2D eigenvalue weighted by Crippen LogP contribution is 2.37. The maximum atomic E-state index is 15.2. The van der Waals surface area contributed by atoms with Crippen molar-refractivity contribution >= 4 is 33.3 Å². The molecule has 4 aromatic carbocycles. The lowest BCUT2D eigenvalue weighted by molar-refractivity contribution is 0.0685. The van der Waals surface area contributed by atoms with Crippen molar-refractivity contribution in [1.29, 1.82) is 0 Å². The molecule has 182 valence electrons.